The fourth-order valence-corrected chi connectivity index (χ4v) is 1.82. The van der Waals surface area contributed by atoms with Crippen LogP contribution in [0.4, 0.5) is 11.4 Å². The van der Waals surface area contributed by atoms with Gasteiger partial charge in [-0.1, -0.05) is 0 Å². The van der Waals surface area contributed by atoms with Crippen LogP contribution >= 0.6 is 12.2 Å². The van der Waals surface area contributed by atoms with Crippen molar-refractivity contribution in [1.29, 1.82) is 0 Å². The van der Waals surface area contributed by atoms with Gasteiger partial charge in [0.15, 0.2) is 5.11 Å². The molecule has 18 heavy (non-hydrogen) atoms. The number of phenolic OH excluding ortho intramolecular Hbond substituents is 2. The van der Waals surface area contributed by atoms with Crippen molar-refractivity contribution >= 4 is 28.7 Å². The van der Waals surface area contributed by atoms with Crippen LogP contribution in [0.1, 0.15) is 0 Å². The number of rotatable bonds is 2. The molecule has 4 nitrogen and oxygen atoms in total. The second kappa shape index (κ2) is 4.93. The molecule has 0 fully saturated rings. The van der Waals surface area contributed by atoms with Crippen LogP contribution in [0, 0.1) is 0 Å². The van der Waals surface area contributed by atoms with E-state index in [2.05, 4.69) is 0 Å². The van der Waals surface area contributed by atoms with Crippen LogP contribution < -0.4 is 10.6 Å². The minimum Gasteiger partial charge on any atom is -0.508 e. The quantitative estimate of drug-likeness (QED) is 0.724. The van der Waals surface area contributed by atoms with Gasteiger partial charge in [0.05, 0.1) is 0 Å². The number of hydrogen-bond donors (Lipinski definition) is 3. The molecule has 0 aliphatic carbocycles. The molecule has 0 saturated carbocycles. The van der Waals surface area contributed by atoms with Gasteiger partial charge in [0.25, 0.3) is 0 Å². The molecule has 0 atom stereocenters. The molecular weight excluding hydrogens is 248 g/mol. The summed E-state index contributed by atoms with van der Waals surface area (Å²) in [6.45, 7) is 0. The lowest BCUT2D eigenvalue weighted by Crippen LogP contribution is -2.30. The van der Waals surface area contributed by atoms with Crippen molar-refractivity contribution in [2.45, 2.75) is 0 Å². The summed E-state index contributed by atoms with van der Waals surface area (Å²) in [4.78, 5) is 1.65. The van der Waals surface area contributed by atoms with E-state index >= 15 is 0 Å². The van der Waals surface area contributed by atoms with E-state index in [1.807, 2.05) is 0 Å². The Hall–Kier alpha value is -2.27. The Bertz CT molecular complexity index is 507. The summed E-state index contributed by atoms with van der Waals surface area (Å²) in [5.41, 5.74) is 7.19. The summed E-state index contributed by atoms with van der Waals surface area (Å²) in [7, 11) is 0. The van der Waals surface area contributed by atoms with Crippen molar-refractivity contribution < 1.29 is 10.2 Å². The van der Waals surface area contributed by atoms with E-state index in [4.69, 9.17) is 18.0 Å². The van der Waals surface area contributed by atoms with E-state index in [0.717, 1.165) is 11.4 Å². The smallest absolute Gasteiger partial charge is 0.175 e. The fraction of sp³-hybridized carbons (Fsp3) is 0. The average Bonchev–Trinajstić information content (AvgIpc) is 2.34. The van der Waals surface area contributed by atoms with Crippen molar-refractivity contribution in [1.82, 2.24) is 0 Å². The monoisotopic (exact) mass is 260 g/mol. The van der Waals surface area contributed by atoms with Crippen LogP contribution in [-0.2, 0) is 0 Å². The predicted octanol–water partition coefficient (Wildman–Crippen LogP) is 2.48. The first kappa shape index (κ1) is 12.2. The number of hydrogen-bond acceptors (Lipinski definition) is 3. The highest BCUT2D eigenvalue weighted by molar-refractivity contribution is 7.80. The highest BCUT2D eigenvalue weighted by atomic mass is 32.1. The van der Waals surface area contributed by atoms with Gasteiger partial charge < -0.3 is 15.9 Å². The van der Waals surface area contributed by atoms with Crippen LogP contribution in [0.5, 0.6) is 11.5 Å². The van der Waals surface area contributed by atoms with Crippen LogP contribution in [0.2, 0.25) is 0 Å². The third-order valence-corrected chi connectivity index (χ3v) is 2.62. The summed E-state index contributed by atoms with van der Waals surface area (Å²) in [6.07, 6.45) is 0. The zero-order valence-electron chi connectivity index (χ0n) is 9.45. The maximum absolute atomic E-state index is 9.27. The molecule has 0 aliphatic heterocycles. The Morgan fingerprint density at radius 3 is 1.44 bits per heavy atom. The van der Waals surface area contributed by atoms with Crippen molar-refractivity contribution in [3.05, 3.63) is 48.5 Å². The van der Waals surface area contributed by atoms with E-state index in [0.29, 0.717) is 0 Å². The minimum atomic E-state index is 0.173. The SMILES string of the molecule is NC(=S)N(c1ccc(O)cc1)c1ccc(O)cc1. The van der Waals surface area contributed by atoms with Gasteiger partial charge in [0.2, 0.25) is 0 Å². The van der Waals surface area contributed by atoms with Crippen LogP contribution in [0.25, 0.3) is 0 Å². The minimum absolute atomic E-state index is 0.173. The van der Waals surface area contributed by atoms with Gasteiger partial charge in [0, 0.05) is 11.4 Å². The molecule has 2 rings (SSSR count). The molecule has 0 radical (unpaired) electrons. The van der Waals surface area contributed by atoms with Gasteiger partial charge in [-0.2, -0.15) is 0 Å². The topological polar surface area (TPSA) is 69.7 Å². The maximum atomic E-state index is 9.27. The molecule has 0 heterocycles. The second-order valence-corrected chi connectivity index (χ2v) is 4.12. The summed E-state index contributed by atoms with van der Waals surface area (Å²) in [5, 5.41) is 18.7. The van der Waals surface area contributed by atoms with Crippen LogP contribution in [-0.4, -0.2) is 15.3 Å². The summed E-state index contributed by atoms with van der Waals surface area (Å²) in [6, 6.07) is 13.1. The Balaban J connectivity index is 2.43. The molecule has 5 heteroatoms. The Labute approximate surface area is 110 Å². The Morgan fingerprint density at radius 2 is 1.17 bits per heavy atom. The zero-order chi connectivity index (χ0) is 13.1. The maximum Gasteiger partial charge on any atom is 0.175 e. The third-order valence-electron chi connectivity index (χ3n) is 2.44. The standard InChI is InChI=1S/C13H12N2O2S/c14-13(18)15(9-1-5-11(16)6-2-9)10-3-7-12(17)8-4-10/h1-8,16-17H,(H2,14,18). The van der Waals surface area contributed by atoms with Gasteiger partial charge in [0.1, 0.15) is 11.5 Å². The van der Waals surface area contributed by atoms with Gasteiger partial charge in [-0.15, -0.1) is 0 Å². The van der Waals surface area contributed by atoms with E-state index in [-0.39, 0.29) is 16.6 Å². The Kier molecular flexibility index (Phi) is 3.34. The van der Waals surface area contributed by atoms with E-state index in [1.165, 1.54) is 0 Å². The Morgan fingerprint density at radius 1 is 0.833 bits per heavy atom. The molecule has 0 bridgehead atoms. The molecule has 0 aromatic heterocycles. The molecule has 92 valence electrons. The first-order valence-corrected chi connectivity index (χ1v) is 5.66. The van der Waals surface area contributed by atoms with E-state index < -0.39 is 0 Å². The van der Waals surface area contributed by atoms with Crippen LogP contribution in [0.3, 0.4) is 0 Å². The van der Waals surface area contributed by atoms with Crippen molar-refractivity contribution in [2.24, 2.45) is 5.73 Å². The third kappa shape index (κ3) is 2.52. The normalized spacial score (nSPS) is 10.0. The van der Waals surface area contributed by atoms with Crippen molar-refractivity contribution in [2.75, 3.05) is 4.90 Å². The summed E-state index contributed by atoms with van der Waals surface area (Å²) in [5.74, 6) is 0.347. The lowest BCUT2D eigenvalue weighted by molar-refractivity contribution is 0.475. The molecule has 2 aromatic carbocycles. The van der Waals surface area contributed by atoms with Gasteiger partial charge >= 0.3 is 0 Å². The fourth-order valence-electron chi connectivity index (χ4n) is 1.61. The van der Waals surface area contributed by atoms with E-state index in [9.17, 15) is 10.2 Å². The summed E-state index contributed by atoms with van der Waals surface area (Å²) >= 11 is 5.03. The first-order chi connectivity index (χ1) is 8.58. The van der Waals surface area contributed by atoms with Crippen molar-refractivity contribution in [3.8, 4) is 11.5 Å². The molecular formula is C13H12N2O2S. The van der Waals surface area contributed by atoms with Gasteiger partial charge in [-0.05, 0) is 60.7 Å². The van der Waals surface area contributed by atoms with Gasteiger partial charge in [-0.3, -0.25) is 4.90 Å². The zero-order valence-corrected chi connectivity index (χ0v) is 10.3. The second-order valence-electron chi connectivity index (χ2n) is 3.71. The first-order valence-electron chi connectivity index (χ1n) is 5.25. The van der Waals surface area contributed by atoms with Crippen molar-refractivity contribution in [3.63, 3.8) is 0 Å². The molecule has 0 aliphatic rings. The van der Waals surface area contributed by atoms with Gasteiger partial charge in [-0.25, -0.2) is 0 Å². The number of thiocarbonyl (C=S) groups is 1. The number of benzene rings is 2. The highest BCUT2D eigenvalue weighted by Gasteiger charge is 2.11. The van der Waals surface area contributed by atoms with E-state index in [1.54, 1.807) is 53.4 Å². The number of anilines is 2. The molecule has 0 saturated heterocycles. The highest BCUT2D eigenvalue weighted by Crippen LogP contribution is 2.27. The van der Waals surface area contributed by atoms with Crippen LogP contribution in [0.15, 0.2) is 48.5 Å². The number of aromatic hydroxyl groups is 2. The molecule has 2 aromatic rings. The average molecular weight is 260 g/mol. The molecule has 0 amide bonds. The lowest BCUT2D eigenvalue weighted by Gasteiger charge is -2.23. The molecule has 0 unspecified atom stereocenters. The number of phenols is 2. The summed E-state index contributed by atoms with van der Waals surface area (Å²) < 4.78 is 0. The number of nitrogens with two attached hydrogens (primary N) is 1. The predicted molar refractivity (Wildman–Crippen MR) is 75.1 cm³/mol. The largest absolute Gasteiger partial charge is 0.508 e. The number of nitrogens with zero attached hydrogens (tertiary/aromatic N) is 1. The molecule has 0 spiro atoms. The lowest BCUT2D eigenvalue weighted by atomic mass is 10.2. The molecule has 4 N–H and O–H groups in total.